The monoisotopic (exact) mass is 127 g/mol. The Labute approximate surface area is 51.7 Å². The van der Waals surface area contributed by atoms with E-state index in [4.69, 9.17) is 1.43 Å². The van der Waals surface area contributed by atoms with Crippen LogP contribution >= 0.6 is 8.81 Å². The molecule has 0 heterocycles. The second kappa shape index (κ2) is 2.81. The Bertz CT molecular complexity index is 166. The third kappa shape index (κ3) is 1.29. The van der Waals surface area contributed by atoms with E-state index in [0.717, 1.165) is 5.30 Å². The molecule has 1 nitrogen and oxygen atoms in total. The van der Waals surface area contributed by atoms with Crippen LogP contribution in [0.2, 0.25) is 0 Å². The van der Waals surface area contributed by atoms with E-state index >= 15 is 0 Å². The van der Waals surface area contributed by atoms with Crippen molar-refractivity contribution in [2.45, 2.75) is 0 Å². The van der Waals surface area contributed by atoms with Gasteiger partial charge in [-0.05, 0) is 5.30 Å². The fraction of sp³-hybridized carbons (Fsp3) is 0. The van der Waals surface area contributed by atoms with Crippen molar-refractivity contribution in [1.29, 1.82) is 1.43 Å². The molecular weight excluding hydrogens is 119 g/mol. The zero-order chi connectivity index (χ0) is 6.53. The average Bonchev–Trinajstić information content (AvgIpc) is 1.91. The molecule has 2 heteroatoms. The van der Waals surface area contributed by atoms with Crippen molar-refractivity contribution in [3.05, 3.63) is 30.3 Å². The van der Waals surface area contributed by atoms with Crippen molar-refractivity contribution in [2.75, 3.05) is 0 Å². The van der Waals surface area contributed by atoms with Crippen LogP contribution in [-0.2, 0) is 0 Å². The van der Waals surface area contributed by atoms with Crippen molar-refractivity contribution in [1.82, 2.24) is 0 Å². The topological polar surface area (TPSA) is 20.2 Å². The second-order valence-electron chi connectivity index (χ2n) is 1.47. The lowest BCUT2D eigenvalue weighted by atomic mass is 10.4. The van der Waals surface area contributed by atoms with Gasteiger partial charge in [0.1, 0.15) is 0 Å². The predicted octanol–water partition coefficient (Wildman–Crippen LogP) is 0.898. The van der Waals surface area contributed by atoms with Crippen LogP contribution < -0.4 is 5.30 Å². The minimum absolute atomic E-state index is 0.154. The van der Waals surface area contributed by atoms with Crippen molar-refractivity contribution in [2.24, 2.45) is 0 Å². The Morgan fingerprint density at radius 2 is 2.12 bits per heavy atom. The number of benzene rings is 1. The summed E-state index contributed by atoms with van der Waals surface area (Å²) in [5, 5.41) is 1.06. The molecule has 42 valence electrons. The van der Waals surface area contributed by atoms with Crippen LogP contribution in [0.25, 0.3) is 0 Å². The molecule has 0 radical (unpaired) electrons. The van der Waals surface area contributed by atoms with Crippen molar-refractivity contribution in [3.8, 4) is 0 Å². The summed E-state index contributed by atoms with van der Waals surface area (Å²) in [6.45, 7) is 0. The SMILES string of the molecule is [2H]OPc1ccccc1. The van der Waals surface area contributed by atoms with E-state index in [1.807, 2.05) is 30.3 Å². The first-order valence-electron chi connectivity index (χ1n) is 2.77. The van der Waals surface area contributed by atoms with Gasteiger partial charge in [0.2, 0.25) is 1.43 Å². The highest BCUT2D eigenvalue weighted by Gasteiger charge is 1.81. The second-order valence-corrected chi connectivity index (χ2v) is 2.25. The standard InChI is InChI=1S/C6H7OP/c7-8-6-4-2-1-3-5-6/h1-5,7-8H/i7D. The predicted molar refractivity (Wildman–Crippen MR) is 36.6 cm³/mol. The first-order valence-corrected chi connectivity index (χ1v) is 3.27. The van der Waals surface area contributed by atoms with Gasteiger partial charge in [-0.15, -0.1) is 0 Å². The van der Waals surface area contributed by atoms with Crippen LogP contribution in [0.3, 0.4) is 0 Å². The highest BCUT2D eigenvalue weighted by atomic mass is 31.1. The Balaban J connectivity index is 2.61. The fourth-order valence-electron chi connectivity index (χ4n) is 0.506. The first kappa shape index (κ1) is 4.49. The maximum absolute atomic E-state index is 6.45. The van der Waals surface area contributed by atoms with Crippen LogP contribution in [0.4, 0.5) is 0 Å². The molecule has 1 aromatic rings. The summed E-state index contributed by atoms with van der Waals surface area (Å²) in [6.07, 6.45) is 0. The summed E-state index contributed by atoms with van der Waals surface area (Å²) in [4.78, 5) is 4.21. The van der Waals surface area contributed by atoms with E-state index in [-0.39, 0.29) is 8.81 Å². The molecule has 0 spiro atoms. The summed E-state index contributed by atoms with van der Waals surface area (Å²) < 4.78 is 6.45. The highest BCUT2D eigenvalue weighted by Crippen LogP contribution is 1.99. The lowest BCUT2D eigenvalue weighted by Crippen LogP contribution is -1.88. The molecular formula is C6H7OP. The number of rotatable bonds is 2. The molecule has 0 saturated carbocycles. The van der Waals surface area contributed by atoms with E-state index < -0.39 is 0 Å². The molecule has 0 amide bonds. The molecule has 1 N–H and O–H groups in total. The van der Waals surface area contributed by atoms with Crippen LogP contribution in [0.15, 0.2) is 30.3 Å². The van der Waals surface area contributed by atoms with Gasteiger partial charge in [0.15, 0.2) is 0 Å². The summed E-state index contributed by atoms with van der Waals surface area (Å²) in [5.74, 6) is 0. The van der Waals surface area contributed by atoms with Gasteiger partial charge in [-0.25, -0.2) is 0 Å². The van der Waals surface area contributed by atoms with E-state index in [2.05, 4.69) is 4.90 Å². The molecule has 0 aromatic heterocycles. The normalized spacial score (nSPS) is 12.2. The smallest absolute Gasteiger partial charge is 0.215 e. The molecule has 0 aliphatic rings. The van der Waals surface area contributed by atoms with E-state index in [1.54, 1.807) is 0 Å². The minimum atomic E-state index is 0.154. The molecule has 1 rings (SSSR count). The molecule has 0 bridgehead atoms. The van der Waals surface area contributed by atoms with Gasteiger partial charge in [-0.3, -0.25) is 0 Å². The van der Waals surface area contributed by atoms with Crippen molar-refractivity contribution < 1.29 is 4.90 Å². The average molecular weight is 127 g/mol. The molecule has 1 aromatic carbocycles. The van der Waals surface area contributed by atoms with Gasteiger partial charge in [0, 0.05) is 8.81 Å². The van der Waals surface area contributed by atoms with Gasteiger partial charge in [-0.2, -0.15) is 0 Å². The molecule has 0 aliphatic heterocycles. The van der Waals surface area contributed by atoms with Crippen molar-refractivity contribution >= 4 is 14.1 Å². The van der Waals surface area contributed by atoms with E-state index in [0.29, 0.717) is 0 Å². The minimum Gasteiger partial charge on any atom is -0.372 e. The molecule has 1 atom stereocenters. The molecule has 0 aliphatic carbocycles. The highest BCUT2D eigenvalue weighted by molar-refractivity contribution is 7.40. The molecule has 0 fully saturated rings. The summed E-state index contributed by atoms with van der Waals surface area (Å²) in [7, 11) is 0.154. The van der Waals surface area contributed by atoms with E-state index in [1.165, 1.54) is 0 Å². The van der Waals surface area contributed by atoms with Crippen molar-refractivity contribution in [3.63, 3.8) is 0 Å². The number of hydrogen-bond acceptors (Lipinski definition) is 1. The Kier molecular flexibility index (Phi) is 1.57. The zero-order valence-electron chi connectivity index (χ0n) is 5.29. The fourth-order valence-corrected chi connectivity index (χ4v) is 0.835. The van der Waals surface area contributed by atoms with E-state index in [9.17, 15) is 0 Å². The first-order chi connectivity index (χ1) is 4.43. The Morgan fingerprint density at radius 3 is 2.75 bits per heavy atom. The summed E-state index contributed by atoms with van der Waals surface area (Å²) >= 11 is 0. The third-order valence-corrected chi connectivity index (χ3v) is 1.46. The summed E-state index contributed by atoms with van der Waals surface area (Å²) in [5.41, 5.74) is 0. The largest absolute Gasteiger partial charge is 0.372 e. The van der Waals surface area contributed by atoms with Gasteiger partial charge in [-0.1, -0.05) is 30.3 Å². The number of hydrogen-bond donors (Lipinski definition) is 1. The van der Waals surface area contributed by atoms with Gasteiger partial charge in [0.25, 0.3) is 0 Å². The molecule has 0 saturated heterocycles. The Hall–Kier alpha value is -0.390. The lowest BCUT2D eigenvalue weighted by Gasteiger charge is -1.88. The zero-order valence-corrected chi connectivity index (χ0v) is 5.29. The van der Waals surface area contributed by atoms with Gasteiger partial charge >= 0.3 is 0 Å². The lowest BCUT2D eigenvalue weighted by molar-refractivity contribution is 0.655. The molecule has 1 unspecified atom stereocenters. The summed E-state index contributed by atoms with van der Waals surface area (Å²) in [6, 6.07) is 9.68. The maximum atomic E-state index is 6.45. The Morgan fingerprint density at radius 1 is 1.38 bits per heavy atom. The molecule has 8 heavy (non-hydrogen) atoms. The van der Waals surface area contributed by atoms with Crippen LogP contribution in [0.1, 0.15) is 0 Å². The maximum Gasteiger partial charge on any atom is 0.215 e. The van der Waals surface area contributed by atoms with Gasteiger partial charge in [0.05, 0.1) is 0 Å². The van der Waals surface area contributed by atoms with Gasteiger partial charge < -0.3 is 4.90 Å². The van der Waals surface area contributed by atoms with Crippen LogP contribution in [0.5, 0.6) is 0 Å². The van der Waals surface area contributed by atoms with Crippen LogP contribution in [0, 0.1) is 0 Å². The van der Waals surface area contributed by atoms with Crippen LogP contribution in [-0.4, -0.2) is 6.33 Å². The third-order valence-electron chi connectivity index (χ3n) is 0.892. The quantitative estimate of drug-likeness (QED) is 0.585.